The summed E-state index contributed by atoms with van der Waals surface area (Å²) < 4.78 is 0. The quantitative estimate of drug-likeness (QED) is 0.534. The maximum atomic E-state index is 12.0. The van der Waals surface area contributed by atoms with Crippen LogP contribution in [0.25, 0.3) is 0 Å². The molecule has 4 N–H and O–H groups in total. The van der Waals surface area contributed by atoms with E-state index < -0.39 is 0 Å². The number of nitrogens with two attached hydrogens (primary N) is 1. The summed E-state index contributed by atoms with van der Waals surface area (Å²) >= 11 is 0. The van der Waals surface area contributed by atoms with Gasteiger partial charge in [0.2, 0.25) is 0 Å². The van der Waals surface area contributed by atoms with Crippen molar-refractivity contribution in [2.24, 2.45) is 23.6 Å². The van der Waals surface area contributed by atoms with Gasteiger partial charge in [-0.2, -0.15) is 0 Å². The van der Waals surface area contributed by atoms with Crippen molar-refractivity contribution in [1.29, 1.82) is 0 Å². The van der Waals surface area contributed by atoms with Crippen LogP contribution < -0.4 is 16.6 Å². The van der Waals surface area contributed by atoms with E-state index in [1.165, 1.54) is 12.4 Å². The van der Waals surface area contributed by atoms with Crippen LogP contribution in [0, 0.1) is 17.8 Å². The first kappa shape index (κ1) is 15.4. The molecule has 0 aliphatic rings. The van der Waals surface area contributed by atoms with Crippen LogP contribution >= 0.6 is 0 Å². The Hall–Kier alpha value is -1.69. The van der Waals surface area contributed by atoms with Gasteiger partial charge in [-0.25, -0.2) is 10.8 Å². The van der Waals surface area contributed by atoms with Crippen LogP contribution in [0.2, 0.25) is 0 Å². The molecule has 0 spiro atoms. The summed E-state index contributed by atoms with van der Waals surface area (Å²) in [6.07, 6.45) is 2.89. The third kappa shape index (κ3) is 4.48. The molecular formula is C13H23N5O. The minimum absolute atomic E-state index is 0.226. The third-order valence-electron chi connectivity index (χ3n) is 3.23. The van der Waals surface area contributed by atoms with Crippen molar-refractivity contribution >= 4 is 11.7 Å². The second kappa shape index (κ2) is 7.04. The van der Waals surface area contributed by atoms with Gasteiger partial charge in [0.1, 0.15) is 5.69 Å². The number of hydrogen-bond donors (Lipinski definition) is 3. The molecule has 6 heteroatoms. The number of anilines is 1. The fraction of sp³-hybridized carbons (Fsp3) is 0.615. The minimum atomic E-state index is -0.226. The number of nitrogen functional groups attached to an aromatic ring is 1. The van der Waals surface area contributed by atoms with E-state index in [1.807, 2.05) is 0 Å². The molecule has 1 aromatic heterocycles. The van der Waals surface area contributed by atoms with Gasteiger partial charge in [-0.05, 0) is 17.8 Å². The topological polar surface area (TPSA) is 92.9 Å². The zero-order valence-electron chi connectivity index (χ0n) is 12.0. The number of nitrogens with one attached hydrogen (secondary N) is 2. The second-order valence-electron chi connectivity index (χ2n) is 5.30. The van der Waals surface area contributed by atoms with Crippen molar-refractivity contribution in [1.82, 2.24) is 15.3 Å². The van der Waals surface area contributed by atoms with Gasteiger partial charge in [0.15, 0.2) is 5.82 Å². The molecule has 0 unspecified atom stereocenters. The Bertz CT molecular complexity index is 411. The Morgan fingerprint density at radius 2 is 1.89 bits per heavy atom. The lowest BCUT2D eigenvalue weighted by Crippen LogP contribution is -2.34. The Morgan fingerprint density at radius 1 is 1.26 bits per heavy atom. The smallest absolute Gasteiger partial charge is 0.271 e. The number of nitrogens with zero attached hydrogens (tertiary/aromatic N) is 2. The molecular weight excluding hydrogens is 242 g/mol. The molecule has 1 rings (SSSR count). The number of aromatic nitrogens is 2. The molecule has 106 valence electrons. The monoisotopic (exact) mass is 265 g/mol. The minimum Gasteiger partial charge on any atom is -0.350 e. The van der Waals surface area contributed by atoms with Crippen molar-refractivity contribution in [3.05, 3.63) is 18.1 Å². The summed E-state index contributed by atoms with van der Waals surface area (Å²) in [6.45, 7) is 9.28. The lowest BCUT2D eigenvalue weighted by atomic mass is 9.85. The van der Waals surface area contributed by atoms with Gasteiger partial charge < -0.3 is 10.7 Å². The van der Waals surface area contributed by atoms with E-state index in [2.05, 4.69) is 48.4 Å². The third-order valence-corrected chi connectivity index (χ3v) is 3.23. The van der Waals surface area contributed by atoms with E-state index in [4.69, 9.17) is 5.84 Å². The zero-order valence-corrected chi connectivity index (χ0v) is 12.0. The molecule has 0 aromatic carbocycles. The van der Waals surface area contributed by atoms with Gasteiger partial charge in [0, 0.05) is 6.54 Å². The van der Waals surface area contributed by atoms with E-state index in [0.29, 0.717) is 30.1 Å². The van der Waals surface area contributed by atoms with Gasteiger partial charge in [0.05, 0.1) is 12.4 Å². The maximum Gasteiger partial charge on any atom is 0.271 e. The molecule has 1 heterocycles. The van der Waals surface area contributed by atoms with Crippen LogP contribution in [0.3, 0.4) is 0 Å². The second-order valence-corrected chi connectivity index (χ2v) is 5.30. The normalized spacial score (nSPS) is 11.2. The Labute approximate surface area is 114 Å². The maximum absolute atomic E-state index is 12.0. The summed E-state index contributed by atoms with van der Waals surface area (Å²) in [5.41, 5.74) is 2.64. The highest BCUT2D eigenvalue weighted by Gasteiger charge is 2.19. The largest absolute Gasteiger partial charge is 0.350 e. The standard InChI is InChI=1S/C13H23N5O/c1-8(2)10(9(3)4)5-16-13(19)11-6-15-7-12(17-11)18-14/h6-10H,5,14H2,1-4H3,(H,16,19)(H,17,18). The SMILES string of the molecule is CC(C)C(CNC(=O)c1cncc(NN)n1)C(C)C. The molecule has 1 amide bonds. The molecule has 0 aliphatic heterocycles. The zero-order chi connectivity index (χ0) is 14.4. The molecule has 19 heavy (non-hydrogen) atoms. The predicted molar refractivity (Wildman–Crippen MR) is 75.3 cm³/mol. The Kier molecular flexibility index (Phi) is 5.69. The number of rotatable bonds is 6. The first-order chi connectivity index (χ1) is 8.95. The van der Waals surface area contributed by atoms with Gasteiger partial charge in [-0.1, -0.05) is 27.7 Å². The Morgan fingerprint density at radius 3 is 2.42 bits per heavy atom. The fourth-order valence-corrected chi connectivity index (χ4v) is 2.09. The van der Waals surface area contributed by atoms with Crippen LogP contribution in [0.1, 0.15) is 38.2 Å². The number of hydrogen-bond acceptors (Lipinski definition) is 5. The summed E-state index contributed by atoms with van der Waals surface area (Å²) in [5.74, 6) is 6.85. The lowest BCUT2D eigenvalue weighted by Gasteiger charge is -2.24. The van der Waals surface area contributed by atoms with Crippen LogP contribution in [0.15, 0.2) is 12.4 Å². The van der Waals surface area contributed by atoms with Crippen LogP contribution in [0.5, 0.6) is 0 Å². The summed E-state index contributed by atoms with van der Waals surface area (Å²) in [4.78, 5) is 19.9. The molecule has 0 aliphatic carbocycles. The first-order valence-electron chi connectivity index (χ1n) is 6.52. The van der Waals surface area contributed by atoms with Crippen molar-refractivity contribution in [3.63, 3.8) is 0 Å². The van der Waals surface area contributed by atoms with E-state index in [0.717, 1.165) is 0 Å². The van der Waals surface area contributed by atoms with Gasteiger partial charge >= 0.3 is 0 Å². The number of carbonyl (C=O) groups excluding carboxylic acids is 1. The molecule has 0 bridgehead atoms. The predicted octanol–water partition coefficient (Wildman–Crippen LogP) is 1.42. The molecule has 0 atom stereocenters. The highest BCUT2D eigenvalue weighted by Crippen LogP contribution is 2.19. The highest BCUT2D eigenvalue weighted by atomic mass is 16.1. The summed E-state index contributed by atoms with van der Waals surface area (Å²) in [6, 6.07) is 0. The van der Waals surface area contributed by atoms with Crippen molar-refractivity contribution in [2.75, 3.05) is 12.0 Å². The summed E-state index contributed by atoms with van der Waals surface area (Å²) in [7, 11) is 0. The average molecular weight is 265 g/mol. The first-order valence-corrected chi connectivity index (χ1v) is 6.52. The van der Waals surface area contributed by atoms with Gasteiger partial charge in [0.25, 0.3) is 5.91 Å². The molecule has 0 fully saturated rings. The molecule has 0 saturated heterocycles. The molecule has 1 aromatic rings. The fourth-order valence-electron chi connectivity index (χ4n) is 2.09. The van der Waals surface area contributed by atoms with E-state index >= 15 is 0 Å². The van der Waals surface area contributed by atoms with E-state index in [9.17, 15) is 4.79 Å². The summed E-state index contributed by atoms with van der Waals surface area (Å²) in [5, 5.41) is 2.90. The number of carbonyl (C=O) groups is 1. The molecule has 0 saturated carbocycles. The van der Waals surface area contributed by atoms with Crippen LogP contribution in [0.4, 0.5) is 5.82 Å². The van der Waals surface area contributed by atoms with Crippen LogP contribution in [-0.2, 0) is 0 Å². The molecule has 0 radical (unpaired) electrons. The van der Waals surface area contributed by atoms with Crippen molar-refractivity contribution in [3.8, 4) is 0 Å². The van der Waals surface area contributed by atoms with Gasteiger partial charge in [-0.15, -0.1) is 0 Å². The molecule has 6 nitrogen and oxygen atoms in total. The number of hydrazine groups is 1. The van der Waals surface area contributed by atoms with E-state index in [1.54, 1.807) is 0 Å². The van der Waals surface area contributed by atoms with E-state index in [-0.39, 0.29) is 11.6 Å². The Balaban J connectivity index is 2.64. The lowest BCUT2D eigenvalue weighted by molar-refractivity contribution is 0.0932. The van der Waals surface area contributed by atoms with Crippen molar-refractivity contribution in [2.45, 2.75) is 27.7 Å². The average Bonchev–Trinajstić information content (AvgIpc) is 2.38. The van der Waals surface area contributed by atoms with Crippen molar-refractivity contribution < 1.29 is 4.79 Å². The van der Waals surface area contributed by atoms with Gasteiger partial charge in [-0.3, -0.25) is 9.78 Å². The van der Waals surface area contributed by atoms with Crippen LogP contribution in [-0.4, -0.2) is 22.4 Å². The highest BCUT2D eigenvalue weighted by molar-refractivity contribution is 5.92. The number of amides is 1.